The van der Waals surface area contributed by atoms with Gasteiger partial charge in [0.05, 0.1) is 0 Å². The molecule has 0 saturated heterocycles. The van der Waals surface area contributed by atoms with E-state index in [9.17, 15) is 0 Å². The summed E-state index contributed by atoms with van der Waals surface area (Å²) in [4.78, 5) is 12.8. The number of benzene rings is 1. The Morgan fingerprint density at radius 2 is 1.87 bits per heavy atom. The first-order valence-electron chi connectivity index (χ1n) is 5.57. The molecule has 1 unspecified atom stereocenters. The number of hydrogen-bond donors (Lipinski definition) is 3. The number of rotatable bonds is 7. The van der Waals surface area contributed by atoms with Crippen molar-refractivity contribution in [3.63, 3.8) is 0 Å². The molecule has 5 nitrogen and oxygen atoms in total. The lowest BCUT2D eigenvalue weighted by atomic mass is 10.3. The normalized spacial score (nSPS) is 16.3. The van der Waals surface area contributed by atoms with Crippen molar-refractivity contribution in [2.75, 3.05) is 7.11 Å². The fourth-order valence-electron chi connectivity index (χ4n) is 0.977. The summed E-state index contributed by atoms with van der Waals surface area (Å²) < 4.78 is 30.9. The first kappa shape index (κ1) is 8.25. The molecular formula is C9H14O5Si. The summed E-state index contributed by atoms with van der Waals surface area (Å²) in [5.41, 5.74) is 0. The Morgan fingerprint density at radius 1 is 1.27 bits per heavy atom. The molecule has 0 fully saturated rings. The van der Waals surface area contributed by atoms with Crippen molar-refractivity contribution in [1.29, 1.82) is 4.29 Å². The molecule has 15 heavy (non-hydrogen) atoms. The van der Waals surface area contributed by atoms with Crippen LogP contribution in [0.5, 0.6) is 5.75 Å². The van der Waals surface area contributed by atoms with Crippen LogP contribution in [0.25, 0.3) is 0 Å². The van der Waals surface area contributed by atoms with Crippen LogP contribution in [-0.4, -0.2) is 40.9 Å². The van der Waals surface area contributed by atoms with Crippen molar-refractivity contribution in [2.45, 2.75) is 13.2 Å². The summed E-state index contributed by atoms with van der Waals surface area (Å²) in [5, 5.41) is 0.319. The highest BCUT2D eigenvalue weighted by molar-refractivity contribution is 6.71. The number of ether oxygens (including phenoxy) is 2. The van der Waals surface area contributed by atoms with Gasteiger partial charge >= 0.3 is 8.80 Å². The lowest BCUT2D eigenvalue weighted by molar-refractivity contribution is -0.0382. The fourth-order valence-corrected chi connectivity index (χ4v) is 1.55. The second kappa shape index (κ2) is 4.73. The van der Waals surface area contributed by atoms with Crippen molar-refractivity contribution < 1.29 is 23.9 Å². The average Bonchev–Trinajstić information content (AvgIpc) is 2.43. The summed E-state index contributed by atoms with van der Waals surface area (Å²) in [6.07, 6.45) is -0.398. The van der Waals surface area contributed by atoms with E-state index in [2.05, 4.69) is 14.4 Å². The quantitative estimate of drug-likeness (QED) is 0.426. The second-order valence-corrected chi connectivity index (χ2v) is 4.69. The Balaban J connectivity index is 2.87. The van der Waals surface area contributed by atoms with Gasteiger partial charge in [-0.3, -0.25) is 0 Å². The summed E-state index contributed by atoms with van der Waals surface area (Å²) in [7, 11) is -2.23. The largest absolute Gasteiger partial charge is 0.528 e. The Kier molecular flexibility index (Phi) is 2.60. The Hall–Kier alpha value is -0.923. The molecule has 3 N–H and O–H groups in total. The van der Waals surface area contributed by atoms with E-state index in [1.807, 2.05) is 0 Å². The fraction of sp³-hybridized carbons (Fsp3) is 0.333. The summed E-state index contributed by atoms with van der Waals surface area (Å²) in [6, 6.07) is 6.20. The minimum absolute atomic E-state index is 0.319. The zero-order valence-corrected chi connectivity index (χ0v) is 9.43. The van der Waals surface area contributed by atoms with Gasteiger partial charge in [0.2, 0.25) is 0 Å². The van der Waals surface area contributed by atoms with Crippen LogP contribution >= 0.6 is 0 Å². The third-order valence-corrected chi connectivity index (χ3v) is 2.88. The molecule has 1 aromatic rings. The summed E-state index contributed by atoms with van der Waals surface area (Å²) in [6.45, 7) is 1.74. The van der Waals surface area contributed by atoms with Crippen molar-refractivity contribution in [3.8, 4) is 5.75 Å². The van der Waals surface area contributed by atoms with E-state index in [0.717, 1.165) is 0 Å². The van der Waals surface area contributed by atoms with E-state index >= 15 is 0 Å². The maximum atomic E-state index is 6.86. The molecule has 1 atom stereocenters. The van der Waals surface area contributed by atoms with Gasteiger partial charge in [0, 0.05) is 12.3 Å². The van der Waals surface area contributed by atoms with Gasteiger partial charge < -0.3 is 23.9 Å². The van der Waals surface area contributed by atoms with Gasteiger partial charge in [-0.2, -0.15) is 0 Å². The Bertz CT molecular complexity index is 351. The van der Waals surface area contributed by atoms with E-state index in [4.69, 9.17) is 13.8 Å². The van der Waals surface area contributed by atoms with Crippen LogP contribution in [0, 0.1) is 0 Å². The van der Waals surface area contributed by atoms with Crippen LogP contribution in [0.1, 0.15) is 6.92 Å². The van der Waals surface area contributed by atoms with Crippen molar-refractivity contribution in [2.24, 2.45) is 0 Å². The van der Waals surface area contributed by atoms with Crippen molar-refractivity contribution in [1.82, 2.24) is 0 Å². The summed E-state index contributed by atoms with van der Waals surface area (Å²) in [5.74, 6) is 0.538. The van der Waals surface area contributed by atoms with Gasteiger partial charge in [-0.05, 0) is 19.1 Å². The molecular weight excluding hydrogens is 216 g/mol. The van der Waals surface area contributed by atoms with Crippen LogP contribution in [0.2, 0.25) is 0 Å². The zero-order chi connectivity index (χ0) is 13.6. The smallest absolute Gasteiger partial charge is 0.465 e. The molecule has 84 valence electrons. The highest BCUT2D eigenvalue weighted by Crippen LogP contribution is 2.10. The van der Waals surface area contributed by atoms with Gasteiger partial charge in [0.25, 0.3) is 0 Å². The molecule has 0 bridgehead atoms. The molecule has 0 amide bonds. The minimum atomic E-state index is -3.75. The van der Waals surface area contributed by atoms with Crippen LogP contribution in [0.3, 0.4) is 0 Å². The predicted molar refractivity (Wildman–Crippen MR) is 55.6 cm³/mol. The Labute approximate surface area is 93.4 Å². The van der Waals surface area contributed by atoms with Crippen molar-refractivity contribution >= 4 is 14.0 Å². The van der Waals surface area contributed by atoms with E-state index in [0.29, 0.717) is 10.9 Å². The highest BCUT2D eigenvalue weighted by Gasteiger charge is 2.29. The number of methoxy groups -OCH3 is 1. The van der Waals surface area contributed by atoms with Gasteiger partial charge in [0.1, 0.15) is 5.75 Å². The van der Waals surface area contributed by atoms with Gasteiger partial charge in [-0.1, -0.05) is 12.1 Å². The zero-order valence-electron chi connectivity index (χ0n) is 11.4. The number of hydrogen-bond acceptors (Lipinski definition) is 5. The van der Waals surface area contributed by atoms with E-state index in [1.165, 1.54) is 19.2 Å². The summed E-state index contributed by atoms with van der Waals surface area (Å²) >= 11 is 0. The molecule has 0 saturated carbocycles. The second-order valence-electron chi connectivity index (χ2n) is 3.00. The molecule has 0 aliphatic rings. The molecule has 0 radical (unpaired) electrons. The molecule has 6 heteroatoms. The molecule has 0 spiro atoms. The van der Waals surface area contributed by atoms with E-state index < -0.39 is 15.1 Å². The predicted octanol–water partition coefficient (Wildman–Crippen LogP) is -0.819. The van der Waals surface area contributed by atoms with Crippen LogP contribution in [-0.2, 0) is 4.74 Å². The molecule has 0 heterocycles. The standard InChI is InChI=1S/C9H14O5Si/c1-7(13-2)14-8-3-5-9(6-4-8)15(10,11)12/h3-7,10-12H,1-2H3/i10T,11T,12T. The topological polar surface area (TPSA) is 79.2 Å². The third kappa shape index (κ3) is 3.61. The molecule has 1 rings (SSSR count). The van der Waals surface area contributed by atoms with E-state index in [-0.39, 0.29) is 0 Å². The maximum Gasteiger partial charge on any atom is 0.528 e. The third-order valence-electron chi connectivity index (χ3n) is 1.84. The highest BCUT2D eigenvalue weighted by atomic mass is 28.4. The van der Waals surface area contributed by atoms with Crippen LogP contribution in [0.15, 0.2) is 24.3 Å². The van der Waals surface area contributed by atoms with Crippen LogP contribution < -0.4 is 9.92 Å². The minimum Gasteiger partial charge on any atom is -0.465 e. The average molecular weight is 236 g/mol. The Morgan fingerprint density at radius 3 is 2.33 bits per heavy atom. The molecule has 0 aromatic heterocycles. The molecule has 1 aromatic carbocycles. The SMILES string of the molecule is [3H]O[Si](O[3H])(O[3H])c1ccc(OC(C)OC)cc1. The lowest BCUT2D eigenvalue weighted by Crippen LogP contribution is -2.48. The van der Waals surface area contributed by atoms with Gasteiger partial charge in [-0.25, -0.2) is 0 Å². The van der Waals surface area contributed by atoms with Crippen LogP contribution in [0.4, 0.5) is 0 Å². The maximum absolute atomic E-state index is 6.86. The first-order chi connectivity index (χ1) is 8.61. The van der Waals surface area contributed by atoms with Gasteiger partial charge in [0.15, 0.2) is 10.6 Å². The first-order valence-corrected chi connectivity index (χ1v) is 6.07. The lowest BCUT2D eigenvalue weighted by Gasteiger charge is -2.14. The monoisotopic (exact) mass is 236 g/mol. The molecule has 0 aliphatic carbocycles. The van der Waals surface area contributed by atoms with Crippen molar-refractivity contribution in [3.05, 3.63) is 24.3 Å². The van der Waals surface area contributed by atoms with Gasteiger partial charge in [-0.15, -0.1) is 0 Å². The molecule has 0 aliphatic heterocycles. The van der Waals surface area contributed by atoms with E-state index in [1.54, 1.807) is 19.1 Å².